The number of amides is 1. The van der Waals surface area contributed by atoms with E-state index in [4.69, 9.17) is 4.74 Å². The molecule has 2 aliphatic rings. The zero-order valence-electron chi connectivity index (χ0n) is 11.5. The second-order valence-corrected chi connectivity index (χ2v) is 5.22. The number of quaternary nitrogens is 1. The molecule has 0 aliphatic carbocycles. The summed E-state index contributed by atoms with van der Waals surface area (Å²) in [6, 6.07) is 7.80. The summed E-state index contributed by atoms with van der Waals surface area (Å²) in [5, 5.41) is 2.89. The number of carbonyl (C=O) groups is 1. The van der Waals surface area contributed by atoms with Gasteiger partial charge in [0.25, 0.3) is 0 Å². The van der Waals surface area contributed by atoms with Crippen molar-refractivity contribution in [1.82, 2.24) is 0 Å². The first-order valence-electron chi connectivity index (χ1n) is 7.15. The first-order chi connectivity index (χ1) is 9.84. The van der Waals surface area contributed by atoms with Crippen molar-refractivity contribution in [2.24, 2.45) is 4.99 Å². The second-order valence-electron chi connectivity index (χ2n) is 5.22. The standard InChI is InChI=1S/C15H19N3O2/c19-15-13(12-3-1-2-4-14(12)17-15)11-16-5-6-18-7-9-20-10-8-18/h1-4,11,13H,5-10H2,(H,17,19)/p+1/t13-/m1/s1. The quantitative estimate of drug-likeness (QED) is 0.741. The van der Waals surface area contributed by atoms with Crippen LogP contribution in [0.3, 0.4) is 0 Å². The molecule has 1 amide bonds. The second kappa shape index (κ2) is 6.15. The van der Waals surface area contributed by atoms with Gasteiger partial charge in [-0.25, -0.2) is 0 Å². The number of rotatable bonds is 4. The summed E-state index contributed by atoms with van der Waals surface area (Å²) in [6.07, 6.45) is 1.79. The topological polar surface area (TPSA) is 55.1 Å². The Bertz CT molecular complexity index is 510. The Kier molecular flexibility index (Phi) is 4.08. The average Bonchev–Trinajstić information content (AvgIpc) is 2.80. The van der Waals surface area contributed by atoms with Crippen LogP contribution in [0.4, 0.5) is 5.69 Å². The SMILES string of the molecule is O=C1Nc2ccccc2[C@H]1C=NCC[NH+]1CCOCC1. The van der Waals surface area contributed by atoms with Crippen molar-refractivity contribution in [3.05, 3.63) is 29.8 Å². The third-order valence-corrected chi connectivity index (χ3v) is 3.89. The number of morpholine rings is 1. The Morgan fingerprint density at radius 2 is 2.15 bits per heavy atom. The lowest BCUT2D eigenvalue weighted by atomic mass is 10.0. The van der Waals surface area contributed by atoms with Gasteiger partial charge in [-0.1, -0.05) is 18.2 Å². The van der Waals surface area contributed by atoms with Crippen molar-refractivity contribution >= 4 is 17.8 Å². The van der Waals surface area contributed by atoms with Gasteiger partial charge in [-0.05, 0) is 11.6 Å². The molecule has 0 spiro atoms. The first-order valence-corrected chi connectivity index (χ1v) is 7.15. The molecule has 5 nitrogen and oxygen atoms in total. The normalized spacial score (nSPS) is 23.0. The van der Waals surface area contributed by atoms with Crippen molar-refractivity contribution < 1.29 is 14.4 Å². The van der Waals surface area contributed by atoms with Crippen LogP contribution in [0.1, 0.15) is 11.5 Å². The van der Waals surface area contributed by atoms with Crippen LogP contribution in [0.25, 0.3) is 0 Å². The molecule has 0 radical (unpaired) electrons. The molecule has 0 bridgehead atoms. The van der Waals surface area contributed by atoms with Crippen molar-refractivity contribution in [2.75, 3.05) is 44.7 Å². The van der Waals surface area contributed by atoms with E-state index >= 15 is 0 Å². The Hall–Kier alpha value is -1.72. The predicted octanol–water partition coefficient (Wildman–Crippen LogP) is -0.292. The Labute approximate surface area is 118 Å². The molecule has 1 fully saturated rings. The van der Waals surface area contributed by atoms with Gasteiger partial charge < -0.3 is 15.0 Å². The molecule has 0 unspecified atom stereocenters. The fourth-order valence-corrected chi connectivity index (χ4v) is 2.69. The lowest BCUT2D eigenvalue weighted by Gasteiger charge is -2.22. The number of carbonyl (C=O) groups excluding carboxylic acids is 1. The highest BCUT2D eigenvalue weighted by Crippen LogP contribution is 2.30. The number of para-hydroxylation sites is 1. The van der Waals surface area contributed by atoms with Crippen LogP contribution in [0.2, 0.25) is 0 Å². The highest BCUT2D eigenvalue weighted by molar-refractivity contribution is 6.12. The Balaban J connectivity index is 1.55. The third-order valence-electron chi connectivity index (χ3n) is 3.89. The lowest BCUT2D eigenvalue weighted by molar-refractivity contribution is -0.906. The largest absolute Gasteiger partial charge is 0.370 e. The van der Waals surface area contributed by atoms with Gasteiger partial charge in [0, 0.05) is 11.9 Å². The number of ether oxygens (including phenoxy) is 1. The predicted molar refractivity (Wildman–Crippen MR) is 77.6 cm³/mol. The summed E-state index contributed by atoms with van der Waals surface area (Å²) in [7, 11) is 0. The molecular weight excluding hydrogens is 254 g/mol. The van der Waals surface area contributed by atoms with E-state index in [1.165, 1.54) is 4.90 Å². The van der Waals surface area contributed by atoms with E-state index in [0.717, 1.165) is 50.6 Å². The molecule has 0 saturated carbocycles. The number of nitrogens with zero attached hydrogens (tertiary/aromatic N) is 1. The van der Waals surface area contributed by atoms with E-state index in [1.54, 1.807) is 6.21 Å². The summed E-state index contributed by atoms with van der Waals surface area (Å²) in [6.45, 7) is 5.58. The van der Waals surface area contributed by atoms with Crippen LogP contribution in [0.5, 0.6) is 0 Å². The van der Waals surface area contributed by atoms with Gasteiger partial charge >= 0.3 is 0 Å². The summed E-state index contributed by atoms with van der Waals surface area (Å²) in [5.41, 5.74) is 1.94. The van der Waals surface area contributed by atoms with Gasteiger partial charge in [0.05, 0.1) is 26.3 Å². The zero-order chi connectivity index (χ0) is 13.8. The minimum atomic E-state index is -0.231. The van der Waals surface area contributed by atoms with Crippen molar-refractivity contribution in [3.8, 4) is 0 Å². The molecule has 20 heavy (non-hydrogen) atoms. The first kappa shape index (κ1) is 13.3. The molecule has 106 valence electrons. The van der Waals surface area contributed by atoms with Crippen LogP contribution >= 0.6 is 0 Å². The Morgan fingerprint density at radius 3 is 3.00 bits per heavy atom. The van der Waals surface area contributed by atoms with Crippen LogP contribution in [0, 0.1) is 0 Å². The third kappa shape index (κ3) is 2.89. The highest BCUT2D eigenvalue weighted by Gasteiger charge is 2.28. The molecule has 2 aliphatic heterocycles. The number of aliphatic imine (C=N–C) groups is 1. The molecule has 0 aromatic heterocycles. The smallest absolute Gasteiger partial charge is 0.237 e. The van der Waals surface area contributed by atoms with Gasteiger partial charge in [-0.3, -0.25) is 9.79 Å². The molecule has 1 saturated heterocycles. The summed E-state index contributed by atoms with van der Waals surface area (Å²) < 4.78 is 5.33. The molecule has 1 aromatic carbocycles. The average molecular weight is 274 g/mol. The van der Waals surface area contributed by atoms with Crippen LogP contribution in [-0.2, 0) is 9.53 Å². The minimum Gasteiger partial charge on any atom is -0.370 e. The van der Waals surface area contributed by atoms with E-state index in [9.17, 15) is 4.79 Å². The van der Waals surface area contributed by atoms with Crippen LogP contribution in [-0.4, -0.2) is 51.5 Å². The summed E-state index contributed by atoms with van der Waals surface area (Å²) >= 11 is 0. The summed E-state index contributed by atoms with van der Waals surface area (Å²) in [4.78, 5) is 17.9. The van der Waals surface area contributed by atoms with E-state index < -0.39 is 0 Å². The van der Waals surface area contributed by atoms with Crippen molar-refractivity contribution in [3.63, 3.8) is 0 Å². The number of anilines is 1. The number of hydrogen-bond donors (Lipinski definition) is 2. The fraction of sp³-hybridized carbons (Fsp3) is 0.467. The van der Waals surface area contributed by atoms with Gasteiger partial charge in [-0.2, -0.15) is 0 Å². The summed E-state index contributed by atoms with van der Waals surface area (Å²) in [5.74, 6) is -0.209. The maximum absolute atomic E-state index is 11.9. The lowest BCUT2D eigenvalue weighted by Crippen LogP contribution is -3.14. The van der Waals surface area contributed by atoms with Crippen LogP contribution < -0.4 is 10.2 Å². The van der Waals surface area contributed by atoms with Crippen LogP contribution in [0.15, 0.2) is 29.3 Å². The molecule has 3 rings (SSSR count). The number of fused-ring (bicyclic) bond motifs is 1. The van der Waals surface area contributed by atoms with Crippen molar-refractivity contribution in [2.45, 2.75) is 5.92 Å². The molecule has 5 heteroatoms. The van der Waals surface area contributed by atoms with Gasteiger partial charge in [0.2, 0.25) is 5.91 Å². The molecule has 2 N–H and O–H groups in total. The fourth-order valence-electron chi connectivity index (χ4n) is 2.69. The monoisotopic (exact) mass is 274 g/mol. The van der Waals surface area contributed by atoms with Gasteiger partial charge in [0.15, 0.2) is 0 Å². The molecular formula is C15H20N3O2+. The molecule has 2 heterocycles. The molecule has 1 atom stereocenters. The number of nitrogens with one attached hydrogen (secondary N) is 2. The maximum atomic E-state index is 11.9. The van der Waals surface area contributed by atoms with Gasteiger partial charge in [-0.15, -0.1) is 0 Å². The van der Waals surface area contributed by atoms with E-state index in [-0.39, 0.29) is 11.8 Å². The Morgan fingerprint density at radius 1 is 1.35 bits per heavy atom. The van der Waals surface area contributed by atoms with Gasteiger partial charge in [0.1, 0.15) is 19.0 Å². The molecule has 1 aromatic rings. The minimum absolute atomic E-state index is 0.0219. The number of hydrogen-bond acceptors (Lipinski definition) is 3. The maximum Gasteiger partial charge on any atom is 0.237 e. The zero-order valence-corrected chi connectivity index (χ0v) is 11.5. The number of benzene rings is 1. The van der Waals surface area contributed by atoms with E-state index in [1.807, 2.05) is 24.3 Å². The highest BCUT2D eigenvalue weighted by atomic mass is 16.5. The van der Waals surface area contributed by atoms with E-state index in [2.05, 4.69) is 10.3 Å². The van der Waals surface area contributed by atoms with E-state index in [0.29, 0.717) is 0 Å². The van der Waals surface area contributed by atoms with Crippen molar-refractivity contribution in [1.29, 1.82) is 0 Å².